The van der Waals surface area contributed by atoms with E-state index in [2.05, 4.69) is 67.3 Å². The highest BCUT2D eigenvalue weighted by Gasteiger charge is 2.25. The lowest BCUT2D eigenvalue weighted by atomic mass is 9.95. The molecule has 0 atom stereocenters. The second-order valence-corrected chi connectivity index (χ2v) is 7.76. The molecule has 0 radical (unpaired) electrons. The zero-order chi connectivity index (χ0) is 18.8. The molecule has 27 heavy (non-hydrogen) atoms. The Bertz CT molecular complexity index is 873. The molecule has 0 aliphatic carbocycles. The minimum atomic E-state index is 0.476. The summed E-state index contributed by atoms with van der Waals surface area (Å²) in [6, 6.07) is 19.7. The van der Waals surface area contributed by atoms with Gasteiger partial charge in [-0.05, 0) is 50.9 Å². The number of benzene rings is 2. The van der Waals surface area contributed by atoms with E-state index in [4.69, 9.17) is 10.1 Å². The van der Waals surface area contributed by atoms with E-state index in [1.807, 2.05) is 17.8 Å². The van der Waals surface area contributed by atoms with Crippen LogP contribution in [0.5, 0.6) is 0 Å². The fourth-order valence-electron chi connectivity index (χ4n) is 3.94. The summed E-state index contributed by atoms with van der Waals surface area (Å²) in [5.74, 6) is 2.43. The first kappa shape index (κ1) is 17.9. The summed E-state index contributed by atoms with van der Waals surface area (Å²) >= 11 is 0. The molecular weight excluding hydrogens is 332 g/mol. The number of likely N-dealkylation sites (tertiary alicyclic amines) is 1. The zero-order valence-corrected chi connectivity index (χ0v) is 16.5. The van der Waals surface area contributed by atoms with Gasteiger partial charge in [0, 0.05) is 24.6 Å². The van der Waals surface area contributed by atoms with Crippen molar-refractivity contribution in [3.8, 4) is 22.5 Å². The van der Waals surface area contributed by atoms with Gasteiger partial charge in [0.25, 0.3) is 0 Å². The minimum Gasteiger partial charge on any atom is -0.301 e. The Morgan fingerprint density at radius 1 is 0.852 bits per heavy atom. The van der Waals surface area contributed by atoms with E-state index >= 15 is 0 Å². The molecule has 4 rings (SSSR count). The van der Waals surface area contributed by atoms with Crippen molar-refractivity contribution in [1.29, 1.82) is 0 Å². The van der Waals surface area contributed by atoms with Gasteiger partial charge in [0.15, 0.2) is 11.6 Å². The van der Waals surface area contributed by atoms with Crippen LogP contribution in [0.1, 0.15) is 38.4 Å². The van der Waals surface area contributed by atoms with Gasteiger partial charge in [-0.15, -0.1) is 0 Å². The molecule has 0 spiro atoms. The first-order valence-electron chi connectivity index (χ1n) is 9.92. The van der Waals surface area contributed by atoms with Gasteiger partial charge in [0.2, 0.25) is 0 Å². The number of hydrogen-bond donors (Lipinski definition) is 0. The lowest BCUT2D eigenvalue weighted by Gasteiger charge is -2.33. The average molecular weight is 361 g/mol. The number of aryl methyl sites for hydroxylation is 1. The number of aromatic nitrogens is 3. The monoisotopic (exact) mass is 360 g/mol. The Kier molecular flexibility index (Phi) is 5.08. The molecule has 0 bridgehead atoms. The third kappa shape index (κ3) is 3.81. The quantitative estimate of drug-likeness (QED) is 0.674. The van der Waals surface area contributed by atoms with Crippen LogP contribution >= 0.6 is 0 Å². The van der Waals surface area contributed by atoms with E-state index in [1.54, 1.807) is 0 Å². The summed E-state index contributed by atoms with van der Waals surface area (Å²) in [5.41, 5.74) is 3.58. The highest BCUT2D eigenvalue weighted by atomic mass is 15.3. The van der Waals surface area contributed by atoms with E-state index in [9.17, 15) is 0 Å². The van der Waals surface area contributed by atoms with Crippen molar-refractivity contribution in [2.75, 3.05) is 13.1 Å². The van der Waals surface area contributed by atoms with Crippen molar-refractivity contribution in [1.82, 2.24) is 19.7 Å². The summed E-state index contributed by atoms with van der Waals surface area (Å²) in [5, 5.41) is 4.75. The van der Waals surface area contributed by atoms with Crippen molar-refractivity contribution in [2.24, 2.45) is 7.05 Å². The molecule has 1 saturated heterocycles. The van der Waals surface area contributed by atoms with Crippen molar-refractivity contribution in [2.45, 2.75) is 38.6 Å². The van der Waals surface area contributed by atoms with Crippen LogP contribution in [-0.4, -0.2) is 38.8 Å². The highest BCUT2D eigenvalue weighted by Crippen LogP contribution is 2.29. The van der Waals surface area contributed by atoms with E-state index < -0.39 is 0 Å². The van der Waals surface area contributed by atoms with Gasteiger partial charge in [-0.25, -0.2) is 9.67 Å². The van der Waals surface area contributed by atoms with Gasteiger partial charge in [0.1, 0.15) is 0 Å². The smallest absolute Gasteiger partial charge is 0.158 e. The predicted molar refractivity (Wildman–Crippen MR) is 111 cm³/mol. The molecule has 0 saturated carbocycles. The van der Waals surface area contributed by atoms with Gasteiger partial charge in [-0.3, -0.25) is 0 Å². The summed E-state index contributed by atoms with van der Waals surface area (Å²) in [7, 11) is 2.00. The molecule has 1 aliphatic heterocycles. The molecule has 2 heterocycles. The topological polar surface area (TPSA) is 34.0 Å². The van der Waals surface area contributed by atoms with E-state index in [1.165, 1.54) is 11.1 Å². The molecule has 0 unspecified atom stereocenters. The van der Waals surface area contributed by atoms with E-state index in [0.717, 1.165) is 43.1 Å². The molecule has 2 aromatic carbocycles. The number of rotatable bonds is 4. The van der Waals surface area contributed by atoms with Crippen LogP contribution < -0.4 is 0 Å². The summed E-state index contributed by atoms with van der Waals surface area (Å²) in [6.45, 7) is 6.83. The Morgan fingerprint density at radius 3 is 2.07 bits per heavy atom. The molecule has 0 N–H and O–H groups in total. The molecule has 1 fully saturated rings. The summed E-state index contributed by atoms with van der Waals surface area (Å²) in [4.78, 5) is 7.45. The summed E-state index contributed by atoms with van der Waals surface area (Å²) in [6.07, 6.45) is 2.29. The normalized spacial score (nSPS) is 16.1. The fraction of sp³-hybridized carbons (Fsp3) is 0.391. The van der Waals surface area contributed by atoms with Crippen LogP contribution in [0.25, 0.3) is 22.5 Å². The maximum Gasteiger partial charge on any atom is 0.158 e. The third-order valence-corrected chi connectivity index (χ3v) is 5.65. The zero-order valence-electron chi connectivity index (χ0n) is 16.5. The predicted octanol–water partition coefficient (Wildman–Crippen LogP) is 4.74. The molecule has 1 aliphatic rings. The van der Waals surface area contributed by atoms with Crippen molar-refractivity contribution < 1.29 is 0 Å². The van der Waals surface area contributed by atoms with Crippen molar-refractivity contribution in [3.05, 3.63) is 60.4 Å². The molecule has 0 amide bonds. The second kappa shape index (κ2) is 7.65. The first-order chi connectivity index (χ1) is 13.1. The first-order valence-corrected chi connectivity index (χ1v) is 9.92. The standard InChI is InChI=1S/C23H28N4/c1-17(2)27-15-13-20(14-16-27)22-24-23(26(3)25-22)21-11-9-19(10-12-21)18-7-5-4-6-8-18/h4-12,17,20H,13-16H2,1-3H3. The lowest BCUT2D eigenvalue weighted by Crippen LogP contribution is -2.38. The van der Waals surface area contributed by atoms with Crippen molar-refractivity contribution >= 4 is 0 Å². The Balaban J connectivity index is 1.52. The van der Waals surface area contributed by atoms with Gasteiger partial charge in [-0.1, -0.05) is 54.6 Å². The van der Waals surface area contributed by atoms with Crippen LogP contribution in [0.2, 0.25) is 0 Å². The number of nitrogens with zero attached hydrogens (tertiary/aromatic N) is 4. The van der Waals surface area contributed by atoms with E-state index in [-0.39, 0.29) is 0 Å². The summed E-state index contributed by atoms with van der Waals surface area (Å²) < 4.78 is 1.93. The maximum atomic E-state index is 4.91. The third-order valence-electron chi connectivity index (χ3n) is 5.65. The average Bonchev–Trinajstić information content (AvgIpc) is 3.10. The van der Waals surface area contributed by atoms with Crippen LogP contribution in [0.3, 0.4) is 0 Å². The minimum absolute atomic E-state index is 0.476. The molecule has 1 aromatic heterocycles. The van der Waals surface area contributed by atoms with Gasteiger partial charge >= 0.3 is 0 Å². The SMILES string of the molecule is CC(C)N1CCC(c2nc(-c3ccc(-c4ccccc4)cc3)n(C)n2)CC1. The molecule has 4 heteroatoms. The molecule has 3 aromatic rings. The van der Waals surface area contributed by atoms with Crippen molar-refractivity contribution in [3.63, 3.8) is 0 Å². The fourth-order valence-corrected chi connectivity index (χ4v) is 3.94. The lowest BCUT2D eigenvalue weighted by molar-refractivity contribution is 0.169. The Labute approximate surface area is 161 Å². The number of piperidine rings is 1. The van der Waals surface area contributed by atoms with Crippen LogP contribution in [0.15, 0.2) is 54.6 Å². The highest BCUT2D eigenvalue weighted by molar-refractivity contribution is 5.67. The maximum absolute atomic E-state index is 4.91. The molecule has 140 valence electrons. The molecular formula is C23H28N4. The van der Waals surface area contributed by atoms with Crippen LogP contribution in [-0.2, 0) is 7.05 Å². The van der Waals surface area contributed by atoms with Gasteiger partial charge in [0.05, 0.1) is 0 Å². The second-order valence-electron chi connectivity index (χ2n) is 7.76. The Morgan fingerprint density at radius 2 is 1.44 bits per heavy atom. The van der Waals surface area contributed by atoms with E-state index in [0.29, 0.717) is 12.0 Å². The molecule has 4 nitrogen and oxygen atoms in total. The van der Waals surface area contributed by atoms with Crippen LogP contribution in [0, 0.1) is 0 Å². The van der Waals surface area contributed by atoms with Gasteiger partial charge < -0.3 is 4.90 Å². The number of hydrogen-bond acceptors (Lipinski definition) is 3. The van der Waals surface area contributed by atoms with Gasteiger partial charge in [-0.2, -0.15) is 5.10 Å². The Hall–Kier alpha value is -2.46. The largest absolute Gasteiger partial charge is 0.301 e. The van der Waals surface area contributed by atoms with Crippen LogP contribution in [0.4, 0.5) is 0 Å².